The van der Waals surface area contributed by atoms with Gasteiger partial charge in [0.25, 0.3) is 0 Å². The van der Waals surface area contributed by atoms with Gasteiger partial charge in [-0.05, 0) is 35.4 Å². The number of halogens is 1. The van der Waals surface area contributed by atoms with Gasteiger partial charge in [-0.25, -0.2) is 9.98 Å². The molecule has 3 heterocycles. The summed E-state index contributed by atoms with van der Waals surface area (Å²) in [6, 6.07) is 0. The number of nitrogens with two attached hydrogens (primary N) is 1. The van der Waals surface area contributed by atoms with E-state index in [2.05, 4.69) is 37.5 Å². The van der Waals surface area contributed by atoms with Crippen molar-refractivity contribution in [3.05, 3.63) is 9.78 Å². The van der Waals surface area contributed by atoms with Crippen molar-refractivity contribution in [1.82, 2.24) is 4.90 Å². The molecule has 1 fully saturated rings. The Morgan fingerprint density at radius 3 is 3.11 bits per heavy atom. The molecule has 0 spiro atoms. The van der Waals surface area contributed by atoms with Crippen molar-refractivity contribution in [3.63, 3.8) is 0 Å². The van der Waals surface area contributed by atoms with Crippen LogP contribution in [0.25, 0.3) is 0 Å². The fourth-order valence-corrected chi connectivity index (χ4v) is 3.58. The van der Waals surface area contributed by atoms with Crippen LogP contribution in [0.15, 0.2) is 19.8 Å². The summed E-state index contributed by atoms with van der Waals surface area (Å²) in [6.07, 6.45) is 5.23. The Bertz CT molecular complexity index is 437. The van der Waals surface area contributed by atoms with Crippen molar-refractivity contribution < 1.29 is 9.84 Å². The van der Waals surface area contributed by atoms with Crippen LogP contribution < -0.4 is 5.73 Å². The van der Waals surface area contributed by atoms with Gasteiger partial charge in [0, 0.05) is 9.78 Å². The lowest BCUT2D eigenvalue weighted by Crippen LogP contribution is -2.44. The van der Waals surface area contributed by atoms with Crippen LogP contribution in [0.5, 0.6) is 0 Å². The first kappa shape index (κ1) is 12.4. The highest BCUT2D eigenvalue weighted by Gasteiger charge is 2.43. The summed E-state index contributed by atoms with van der Waals surface area (Å²) in [5, 5.41) is 9.12. The predicted octanol–water partition coefficient (Wildman–Crippen LogP) is 0.417. The van der Waals surface area contributed by atoms with E-state index in [4.69, 9.17) is 15.6 Å². The molecule has 6 nitrogen and oxygen atoms in total. The second-order valence-corrected chi connectivity index (χ2v) is 5.89. The third-order valence-electron chi connectivity index (χ3n) is 3.54. The van der Waals surface area contributed by atoms with E-state index in [9.17, 15) is 0 Å². The van der Waals surface area contributed by atoms with Crippen LogP contribution >= 0.6 is 22.6 Å². The Hall–Kier alpha value is -0.670. The summed E-state index contributed by atoms with van der Waals surface area (Å²) >= 11 is 2.28. The fraction of sp³-hybridized carbons (Fsp3) is 0.636. The van der Waals surface area contributed by atoms with Crippen LogP contribution in [0.4, 0.5) is 0 Å². The molecule has 98 valence electrons. The second-order valence-electron chi connectivity index (χ2n) is 4.64. The molecule has 18 heavy (non-hydrogen) atoms. The minimum absolute atomic E-state index is 0.0232. The zero-order valence-corrected chi connectivity index (χ0v) is 11.9. The number of aliphatic hydroxyl groups excluding tert-OH is 1. The van der Waals surface area contributed by atoms with Gasteiger partial charge in [0.15, 0.2) is 0 Å². The number of rotatable bonds is 2. The van der Waals surface area contributed by atoms with Crippen LogP contribution in [0, 0.1) is 5.92 Å². The molecule has 0 aromatic heterocycles. The van der Waals surface area contributed by atoms with Gasteiger partial charge in [-0.3, -0.25) is 0 Å². The molecule has 0 amide bonds. The van der Waals surface area contributed by atoms with E-state index in [-0.39, 0.29) is 31.0 Å². The molecule has 0 saturated carbocycles. The third-order valence-corrected chi connectivity index (χ3v) is 4.49. The maximum atomic E-state index is 9.12. The standard InChI is InChI=1S/C11H15IN4O2/c12-7-3-16(8-2-1-6(4-17)18-8)11-9(7)10(13)14-5-15-11/h3,5-6,8-9,11,17H,1-2,4H2,(H2,13,14,15)/t6-,8+,9?,11?/m0/s1. The largest absolute Gasteiger partial charge is 0.394 e. The minimum atomic E-state index is -0.0568. The molecule has 2 unspecified atom stereocenters. The second kappa shape index (κ2) is 4.78. The maximum absolute atomic E-state index is 9.12. The highest BCUT2D eigenvalue weighted by atomic mass is 127. The summed E-state index contributed by atoms with van der Waals surface area (Å²) in [4.78, 5) is 10.6. The summed E-state index contributed by atoms with van der Waals surface area (Å²) in [5.74, 6) is 0.655. The molecular weight excluding hydrogens is 347 g/mol. The molecule has 7 heteroatoms. The topological polar surface area (TPSA) is 83.4 Å². The van der Waals surface area contributed by atoms with Crippen LogP contribution in [0.2, 0.25) is 0 Å². The van der Waals surface area contributed by atoms with Crippen LogP contribution in [-0.2, 0) is 4.74 Å². The van der Waals surface area contributed by atoms with Crippen LogP contribution in [0.1, 0.15) is 12.8 Å². The van der Waals surface area contributed by atoms with Gasteiger partial charge in [-0.15, -0.1) is 0 Å². The third kappa shape index (κ3) is 1.94. The number of hydrogen-bond acceptors (Lipinski definition) is 6. The van der Waals surface area contributed by atoms with Crippen LogP contribution in [-0.4, -0.2) is 47.3 Å². The van der Waals surface area contributed by atoms with E-state index < -0.39 is 0 Å². The number of ether oxygens (including phenoxy) is 1. The first-order valence-electron chi connectivity index (χ1n) is 5.96. The number of aliphatic hydroxyl groups is 1. The van der Waals surface area contributed by atoms with Crippen molar-refractivity contribution >= 4 is 34.8 Å². The van der Waals surface area contributed by atoms with E-state index in [0.717, 1.165) is 16.4 Å². The lowest BCUT2D eigenvalue weighted by molar-refractivity contribution is -0.0607. The highest BCUT2D eigenvalue weighted by Crippen LogP contribution is 2.38. The van der Waals surface area contributed by atoms with Gasteiger partial charge in [-0.1, -0.05) is 0 Å². The molecule has 0 aliphatic carbocycles. The molecule has 0 radical (unpaired) electrons. The number of hydrogen-bond donors (Lipinski definition) is 2. The summed E-state index contributed by atoms with van der Waals surface area (Å²) in [6.45, 7) is 0.0755. The van der Waals surface area contributed by atoms with E-state index in [1.807, 2.05) is 6.20 Å². The molecule has 3 rings (SSSR count). The summed E-state index contributed by atoms with van der Waals surface area (Å²) in [5.41, 5.74) is 5.93. The molecular formula is C11H15IN4O2. The molecule has 0 aromatic carbocycles. The van der Waals surface area contributed by atoms with Crippen molar-refractivity contribution in [1.29, 1.82) is 0 Å². The fourth-order valence-electron chi connectivity index (χ4n) is 2.61. The first-order chi connectivity index (χ1) is 8.70. The van der Waals surface area contributed by atoms with E-state index in [0.29, 0.717) is 5.84 Å². The van der Waals surface area contributed by atoms with E-state index in [1.54, 1.807) is 0 Å². The van der Waals surface area contributed by atoms with Crippen LogP contribution in [0.3, 0.4) is 0 Å². The summed E-state index contributed by atoms with van der Waals surface area (Å²) < 4.78 is 6.93. The maximum Gasteiger partial charge on any atom is 0.139 e. The number of fused-ring (bicyclic) bond motifs is 1. The molecule has 1 saturated heterocycles. The van der Waals surface area contributed by atoms with E-state index >= 15 is 0 Å². The lowest BCUT2D eigenvalue weighted by Gasteiger charge is -2.32. The average Bonchev–Trinajstić information content (AvgIpc) is 2.94. The van der Waals surface area contributed by atoms with E-state index in [1.165, 1.54) is 6.34 Å². The first-order valence-corrected chi connectivity index (χ1v) is 7.04. The van der Waals surface area contributed by atoms with Gasteiger partial charge < -0.3 is 20.5 Å². The summed E-state index contributed by atoms with van der Waals surface area (Å²) in [7, 11) is 0. The molecule has 0 aromatic rings. The van der Waals surface area contributed by atoms with Crippen molar-refractivity contribution in [2.75, 3.05) is 6.61 Å². The Balaban J connectivity index is 1.79. The molecule has 3 N–H and O–H groups in total. The number of aliphatic imine (C=N–C) groups is 2. The quantitative estimate of drug-likeness (QED) is 0.698. The Labute approximate surface area is 119 Å². The minimum Gasteiger partial charge on any atom is -0.394 e. The normalized spacial score (nSPS) is 38.7. The zero-order chi connectivity index (χ0) is 12.7. The molecule has 4 atom stereocenters. The molecule has 3 aliphatic heterocycles. The predicted molar refractivity (Wildman–Crippen MR) is 76.3 cm³/mol. The van der Waals surface area contributed by atoms with Crippen molar-refractivity contribution in [2.45, 2.75) is 31.3 Å². The molecule has 3 aliphatic rings. The van der Waals surface area contributed by atoms with Gasteiger partial charge in [-0.2, -0.15) is 0 Å². The lowest BCUT2D eigenvalue weighted by atomic mass is 10.1. The van der Waals surface area contributed by atoms with Gasteiger partial charge in [0.1, 0.15) is 24.6 Å². The highest BCUT2D eigenvalue weighted by molar-refractivity contribution is 14.1. The van der Waals surface area contributed by atoms with Gasteiger partial charge in [0.2, 0.25) is 0 Å². The SMILES string of the molecule is NC1=NC=NC2C1C(I)=CN2[C@H]1CC[C@@H](CO)O1. The van der Waals surface area contributed by atoms with Gasteiger partial charge >= 0.3 is 0 Å². The molecule has 0 bridgehead atoms. The van der Waals surface area contributed by atoms with Gasteiger partial charge in [0.05, 0.1) is 18.6 Å². The smallest absolute Gasteiger partial charge is 0.139 e. The number of nitrogens with zero attached hydrogens (tertiary/aromatic N) is 3. The zero-order valence-electron chi connectivity index (χ0n) is 9.74. The Kier molecular flexibility index (Phi) is 3.29. The Morgan fingerprint density at radius 1 is 1.56 bits per heavy atom. The average molecular weight is 362 g/mol. The monoisotopic (exact) mass is 362 g/mol. The Morgan fingerprint density at radius 2 is 2.39 bits per heavy atom. The van der Waals surface area contributed by atoms with Crippen molar-refractivity contribution in [3.8, 4) is 0 Å². The van der Waals surface area contributed by atoms with Crippen molar-refractivity contribution in [2.24, 2.45) is 21.6 Å². The number of amidine groups is 1.